The fraction of sp³-hybridized carbons (Fsp3) is 0.286. The van der Waals surface area contributed by atoms with Gasteiger partial charge in [-0.15, -0.1) is 11.3 Å². The second-order valence-corrected chi connectivity index (χ2v) is 5.40. The largest absolute Gasteiger partial charge is 0.497 e. The van der Waals surface area contributed by atoms with Crippen LogP contribution in [-0.4, -0.2) is 21.6 Å². The van der Waals surface area contributed by atoms with E-state index in [0.717, 1.165) is 41.3 Å². The molecule has 0 radical (unpaired) electrons. The van der Waals surface area contributed by atoms with Crippen molar-refractivity contribution < 1.29 is 4.74 Å². The third-order valence-electron chi connectivity index (χ3n) is 3.15. The maximum absolute atomic E-state index is 5.73. The van der Waals surface area contributed by atoms with Gasteiger partial charge in [0.15, 0.2) is 11.0 Å². The summed E-state index contributed by atoms with van der Waals surface area (Å²) in [6.07, 6.45) is 1.03. The molecule has 0 aliphatic heterocycles. The normalized spacial score (nSPS) is 11.1. The molecule has 0 bridgehead atoms. The highest BCUT2D eigenvalue weighted by Gasteiger charge is 2.15. The second-order valence-electron chi connectivity index (χ2n) is 4.51. The van der Waals surface area contributed by atoms with Crippen LogP contribution >= 0.6 is 11.3 Å². The number of nitrogens with zero attached hydrogens (tertiary/aromatic N) is 3. The number of aromatic nitrogens is 3. The lowest BCUT2D eigenvalue weighted by Gasteiger charge is -2.06. The minimum atomic E-state index is 0.563. The summed E-state index contributed by atoms with van der Waals surface area (Å²) in [6, 6.07) is 5.94. The van der Waals surface area contributed by atoms with E-state index >= 15 is 0 Å². The monoisotopic (exact) mass is 288 g/mol. The van der Waals surface area contributed by atoms with Crippen molar-refractivity contribution >= 4 is 27.5 Å². The first-order chi connectivity index (χ1) is 9.72. The number of rotatable bonds is 4. The number of nitrogen functional groups attached to an aromatic ring is 1. The lowest BCUT2D eigenvalue weighted by Crippen LogP contribution is -2.00. The average Bonchev–Trinajstić information content (AvgIpc) is 3.03. The van der Waals surface area contributed by atoms with Crippen LogP contribution in [0.2, 0.25) is 0 Å². The standard InChI is InChI=1S/C14H16N4OS/c1-3-6-18-12-5-4-9(19-2)7-10(12)16-13(18)11-8-20-14(15)17-11/h4-5,7-8H,3,6H2,1-2H3,(H2,15,17). The maximum Gasteiger partial charge on any atom is 0.180 e. The summed E-state index contributed by atoms with van der Waals surface area (Å²) < 4.78 is 7.44. The summed E-state index contributed by atoms with van der Waals surface area (Å²) in [7, 11) is 1.66. The Hall–Kier alpha value is -2.08. The topological polar surface area (TPSA) is 66.0 Å². The molecule has 0 saturated carbocycles. The van der Waals surface area contributed by atoms with Gasteiger partial charge < -0.3 is 15.0 Å². The van der Waals surface area contributed by atoms with Crippen LogP contribution in [0.3, 0.4) is 0 Å². The van der Waals surface area contributed by atoms with Gasteiger partial charge in [-0.05, 0) is 18.6 Å². The number of hydrogen-bond donors (Lipinski definition) is 1. The van der Waals surface area contributed by atoms with Gasteiger partial charge >= 0.3 is 0 Å². The zero-order valence-electron chi connectivity index (χ0n) is 11.5. The summed E-state index contributed by atoms with van der Waals surface area (Å²) in [4.78, 5) is 9.04. The van der Waals surface area contributed by atoms with E-state index in [2.05, 4.69) is 16.5 Å². The van der Waals surface area contributed by atoms with E-state index in [-0.39, 0.29) is 0 Å². The van der Waals surface area contributed by atoms with E-state index in [1.54, 1.807) is 7.11 Å². The van der Waals surface area contributed by atoms with Gasteiger partial charge in [0.2, 0.25) is 0 Å². The Bertz CT molecular complexity index is 747. The van der Waals surface area contributed by atoms with Crippen molar-refractivity contribution in [3.05, 3.63) is 23.6 Å². The van der Waals surface area contributed by atoms with Crippen molar-refractivity contribution in [3.8, 4) is 17.3 Å². The van der Waals surface area contributed by atoms with Gasteiger partial charge in [0.1, 0.15) is 11.4 Å². The molecule has 0 atom stereocenters. The van der Waals surface area contributed by atoms with Crippen LogP contribution < -0.4 is 10.5 Å². The summed E-state index contributed by atoms with van der Waals surface area (Å²) in [5.74, 6) is 1.67. The number of methoxy groups -OCH3 is 1. The summed E-state index contributed by atoms with van der Waals surface area (Å²) >= 11 is 1.43. The van der Waals surface area contributed by atoms with E-state index in [9.17, 15) is 0 Å². The average molecular weight is 288 g/mol. The first-order valence-electron chi connectivity index (χ1n) is 6.48. The lowest BCUT2D eigenvalue weighted by atomic mass is 10.3. The minimum absolute atomic E-state index is 0.563. The van der Waals surface area contributed by atoms with E-state index < -0.39 is 0 Å². The second kappa shape index (κ2) is 5.13. The van der Waals surface area contributed by atoms with E-state index in [4.69, 9.17) is 15.5 Å². The van der Waals surface area contributed by atoms with Gasteiger partial charge in [-0.25, -0.2) is 9.97 Å². The molecule has 0 spiro atoms. The Labute approximate surface area is 121 Å². The van der Waals surface area contributed by atoms with Crippen LogP contribution in [0.4, 0.5) is 5.13 Å². The smallest absolute Gasteiger partial charge is 0.180 e. The number of aryl methyl sites for hydroxylation is 1. The van der Waals surface area contributed by atoms with Crippen molar-refractivity contribution in [1.82, 2.24) is 14.5 Å². The van der Waals surface area contributed by atoms with Gasteiger partial charge in [0.05, 0.1) is 18.1 Å². The number of nitrogens with two attached hydrogens (primary N) is 1. The molecule has 2 aromatic heterocycles. The fourth-order valence-corrected chi connectivity index (χ4v) is 2.81. The predicted molar refractivity (Wildman–Crippen MR) is 82.1 cm³/mol. The van der Waals surface area contributed by atoms with E-state index in [0.29, 0.717) is 5.13 Å². The zero-order valence-corrected chi connectivity index (χ0v) is 12.3. The van der Waals surface area contributed by atoms with Crippen molar-refractivity contribution in [2.45, 2.75) is 19.9 Å². The van der Waals surface area contributed by atoms with Crippen molar-refractivity contribution in [3.63, 3.8) is 0 Å². The molecule has 0 unspecified atom stereocenters. The highest BCUT2D eigenvalue weighted by molar-refractivity contribution is 7.13. The van der Waals surface area contributed by atoms with E-state index in [1.807, 2.05) is 23.6 Å². The third kappa shape index (κ3) is 2.12. The molecule has 2 N–H and O–H groups in total. The Kier molecular flexibility index (Phi) is 3.31. The summed E-state index contributed by atoms with van der Waals surface area (Å²) in [5, 5.41) is 2.51. The number of ether oxygens (including phenoxy) is 1. The molecule has 6 heteroatoms. The van der Waals surface area contributed by atoms with Crippen molar-refractivity contribution in [2.75, 3.05) is 12.8 Å². The molecule has 2 heterocycles. The van der Waals surface area contributed by atoms with Crippen molar-refractivity contribution in [2.24, 2.45) is 0 Å². The predicted octanol–water partition coefficient (Wildman–Crippen LogP) is 3.16. The highest BCUT2D eigenvalue weighted by Crippen LogP contribution is 2.29. The number of imidazole rings is 1. The Morgan fingerprint density at radius 2 is 2.20 bits per heavy atom. The summed E-state index contributed by atoms with van der Waals surface area (Å²) in [5.41, 5.74) is 8.57. The van der Waals surface area contributed by atoms with Gasteiger partial charge in [0, 0.05) is 18.0 Å². The van der Waals surface area contributed by atoms with Crippen LogP contribution in [0.1, 0.15) is 13.3 Å². The number of anilines is 1. The SMILES string of the molecule is CCCn1c(-c2csc(N)n2)nc2cc(OC)ccc21. The number of hydrogen-bond acceptors (Lipinski definition) is 5. The molecule has 3 aromatic rings. The van der Waals surface area contributed by atoms with Crippen LogP contribution in [0, 0.1) is 0 Å². The minimum Gasteiger partial charge on any atom is -0.497 e. The molecule has 0 saturated heterocycles. The molecule has 1 aromatic carbocycles. The Morgan fingerprint density at radius 1 is 1.35 bits per heavy atom. The molecule has 104 valence electrons. The quantitative estimate of drug-likeness (QED) is 0.801. The first kappa shape index (κ1) is 12.9. The van der Waals surface area contributed by atoms with Gasteiger partial charge in [0.25, 0.3) is 0 Å². The zero-order chi connectivity index (χ0) is 14.1. The number of fused-ring (bicyclic) bond motifs is 1. The Balaban J connectivity index is 2.21. The van der Waals surface area contributed by atoms with Crippen molar-refractivity contribution in [1.29, 1.82) is 0 Å². The molecule has 0 aliphatic rings. The van der Waals surface area contributed by atoms with Crippen LogP contribution in [0.15, 0.2) is 23.6 Å². The van der Waals surface area contributed by atoms with Gasteiger partial charge in [-0.3, -0.25) is 0 Å². The molecule has 0 aliphatic carbocycles. The molecular formula is C14H16N4OS. The maximum atomic E-state index is 5.73. The van der Waals surface area contributed by atoms with Crippen LogP contribution in [0.5, 0.6) is 5.75 Å². The van der Waals surface area contributed by atoms with E-state index in [1.165, 1.54) is 11.3 Å². The molecule has 5 nitrogen and oxygen atoms in total. The fourth-order valence-electron chi connectivity index (χ4n) is 2.27. The summed E-state index contributed by atoms with van der Waals surface area (Å²) in [6.45, 7) is 3.05. The number of thiazole rings is 1. The molecule has 0 amide bonds. The van der Waals surface area contributed by atoms with Gasteiger partial charge in [-0.2, -0.15) is 0 Å². The molecular weight excluding hydrogens is 272 g/mol. The van der Waals surface area contributed by atoms with Crippen LogP contribution in [0.25, 0.3) is 22.6 Å². The third-order valence-corrected chi connectivity index (χ3v) is 3.83. The molecule has 20 heavy (non-hydrogen) atoms. The molecule has 0 fully saturated rings. The highest BCUT2D eigenvalue weighted by atomic mass is 32.1. The lowest BCUT2D eigenvalue weighted by molar-refractivity contribution is 0.415. The Morgan fingerprint density at radius 3 is 2.85 bits per heavy atom. The van der Waals surface area contributed by atoms with Crippen LogP contribution in [-0.2, 0) is 6.54 Å². The number of benzene rings is 1. The molecule has 3 rings (SSSR count). The van der Waals surface area contributed by atoms with Gasteiger partial charge in [-0.1, -0.05) is 6.92 Å². The first-order valence-corrected chi connectivity index (χ1v) is 7.36.